The highest BCUT2D eigenvalue weighted by Crippen LogP contribution is 2.25. The van der Waals surface area contributed by atoms with Crippen LogP contribution in [0.5, 0.6) is 0 Å². The fourth-order valence-electron chi connectivity index (χ4n) is 2.61. The van der Waals surface area contributed by atoms with Crippen LogP contribution in [0.1, 0.15) is 18.4 Å². The zero-order valence-corrected chi connectivity index (χ0v) is 13.2. The van der Waals surface area contributed by atoms with E-state index in [-0.39, 0.29) is 0 Å². The van der Waals surface area contributed by atoms with Crippen molar-refractivity contribution >= 4 is 26.8 Å². The van der Waals surface area contributed by atoms with Crippen LogP contribution in [0, 0.1) is 0 Å². The molecule has 2 aromatic carbocycles. The highest BCUT2D eigenvalue weighted by Gasteiger charge is 2.21. The summed E-state index contributed by atoms with van der Waals surface area (Å²) in [6.07, 6.45) is 4.53. The van der Waals surface area contributed by atoms with Gasteiger partial charge in [0.15, 0.2) is 0 Å². The van der Waals surface area contributed by atoms with E-state index in [1.165, 1.54) is 23.8 Å². The maximum atomic E-state index is 4.57. The van der Waals surface area contributed by atoms with E-state index in [0.717, 1.165) is 22.2 Å². The quantitative estimate of drug-likeness (QED) is 0.776. The molecule has 4 heteroatoms. The first-order valence-electron chi connectivity index (χ1n) is 7.26. The van der Waals surface area contributed by atoms with Crippen molar-refractivity contribution in [3.8, 4) is 5.69 Å². The molecule has 0 spiro atoms. The first kappa shape index (κ1) is 13.0. The molecule has 1 saturated carbocycles. The van der Waals surface area contributed by atoms with Gasteiger partial charge in [-0.15, -0.1) is 0 Å². The van der Waals surface area contributed by atoms with Crippen molar-refractivity contribution in [3.05, 3.63) is 58.7 Å². The van der Waals surface area contributed by atoms with Crippen LogP contribution in [-0.2, 0) is 6.54 Å². The van der Waals surface area contributed by atoms with Crippen LogP contribution in [0.3, 0.4) is 0 Å². The van der Waals surface area contributed by atoms with Crippen molar-refractivity contribution in [1.82, 2.24) is 15.1 Å². The van der Waals surface area contributed by atoms with Crippen molar-refractivity contribution in [2.45, 2.75) is 25.4 Å². The Balaban J connectivity index is 1.79. The number of nitrogens with one attached hydrogen (secondary N) is 1. The second-order valence-electron chi connectivity index (χ2n) is 5.54. The zero-order chi connectivity index (χ0) is 14.2. The van der Waals surface area contributed by atoms with Crippen molar-refractivity contribution < 1.29 is 0 Å². The molecular weight excluding hydrogens is 326 g/mol. The molecule has 1 aliphatic rings. The average Bonchev–Trinajstić information content (AvgIpc) is 3.24. The van der Waals surface area contributed by atoms with Crippen LogP contribution < -0.4 is 5.32 Å². The predicted molar refractivity (Wildman–Crippen MR) is 88.6 cm³/mol. The number of aromatic nitrogens is 2. The maximum Gasteiger partial charge on any atom is 0.0741 e. The summed E-state index contributed by atoms with van der Waals surface area (Å²) >= 11 is 3.57. The number of nitrogens with zero attached hydrogens (tertiary/aromatic N) is 2. The number of benzene rings is 2. The lowest BCUT2D eigenvalue weighted by atomic mass is 10.1. The lowest BCUT2D eigenvalue weighted by Gasteiger charge is -2.12. The van der Waals surface area contributed by atoms with Crippen LogP contribution in [0.15, 0.2) is 53.1 Å². The fraction of sp³-hybridized carbons (Fsp3) is 0.235. The molecule has 0 aliphatic heterocycles. The third-order valence-electron chi connectivity index (χ3n) is 3.91. The number of para-hydroxylation sites is 1. The molecule has 1 aromatic heterocycles. The lowest BCUT2D eigenvalue weighted by Crippen LogP contribution is -2.17. The van der Waals surface area contributed by atoms with E-state index >= 15 is 0 Å². The summed E-state index contributed by atoms with van der Waals surface area (Å²) in [6, 6.07) is 15.4. The van der Waals surface area contributed by atoms with Gasteiger partial charge in [-0.2, -0.15) is 5.10 Å². The summed E-state index contributed by atoms with van der Waals surface area (Å²) in [7, 11) is 0. The van der Waals surface area contributed by atoms with E-state index in [4.69, 9.17) is 0 Å². The number of rotatable bonds is 4. The molecule has 0 atom stereocenters. The fourth-order valence-corrected chi connectivity index (χ4v) is 3.02. The molecule has 1 aliphatic carbocycles. The molecule has 0 saturated heterocycles. The van der Waals surface area contributed by atoms with Gasteiger partial charge in [0.25, 0.3) is 0 Å². The van der Waals surface area contributed by atoms with Crippen molar-refractivity contribution in [1.29, 1.82) is 0 Å². The van der Waals surface area contributed by atoms with E-state index in [9.17, 15) is 0 Å². The van der Waals surface area contributed by atoms with Gasteiger partial charge < -0.3 is 5.32 Å². The highest BCUT2D eigenvalue weighted by molar-refractivity contribution is 9.10. The molecule has 0 unspecified atom stereocenters. The summed E-state index contributed by atoms with van der Waals surface area (Å²) in [5.74, 6) is 0. The van der Waals surface area contributed by atoms with E-state index in [1.807, 2.05) is 16.9 Å². The van der Waals surface area contributed by atoms with Crippen molar-refractivity contribution in [2.24, 2.45) is 0 Å². The average molecular weight is 342 g/mol. The molecule has 1 fully saturated rings. The van der Waals surface area contributed by atoms with Gasteiger partial charge >= 0.3 is 0 Å². The van der Waals surface area contributed by atoms with Crippen molar-refractivity contribution in [2.75, 3.05) is 0 Å². The summed E-state index contributed by atoms with van der Waals surface area (Å²) in [5.41, 5.74) is 3.56. The van der Waals surface area contributed by atoms with Crippen LogP contribution >= 0.6 is 15.9 Å². The van der Waals surface area contributed by atoms with E-state index in [2.05, 4.69) is 62.7 Å². The number of hydrogen-bond acceptors (Lipinski definition) is 2. The van der Waals surface area contributed by atoms with Gasteiger partial charge in [0.05, 0.1) is 17.4 Å². The Morgan fingerprint density at radius 1 is 1.19 bits per heavy atom. The predicted octanol–water partition coefficient (Wildman–Crippen LogP) is 4.04. The van der Waals surface area contributed by atoms with Gasteiger partial charge in [0.2, 0.25) is 0 Å². The molecule has 21 heavy (non-hydrogen) atoms. The Morgan fingerprint density at radius 3 is 2.90 bits per heavy atom. The SMILES string of the molecule is Brc1ccc(-n2ncc3ccccc32)c(CNC2CC2)c1. The second kappa shape index (κ2) is 5.28. The Hall–Kier alpha value is -1.65. The molecule has 1 N–H and O–H groups in total. The zero-order valence-electron chi connectivity index (χ0n) is 11.6. The van der Waals surface area contributed by atoms with Gasteiger partial charge in [0, 0.05) is 22.4 Å². The van der Waals surface area contributed by atoms with Gasteiger partial charge in [-0.25, -0.2) is 4.68 Å². The van der Waals surface area contributed by atoms with E-state index in [0.29, 0.717) is 6.04 Å². The Labute approximate surface area is 132 Å². The molecule has 0 radical (unpaired) electrons. The molecule has 0 amide bonds. The molecule has 1 heterocycles. The van der Waals surface area contributed by atoms with E-state index < -0.39 is 0 Å². The molecule has 4 rings (SSSR count). The number of hydrogen-bond donors (Lipinski definition) is 1. The van der Waals surface area contributed by atoms with Crippen molar-refractivity contribution in [3.63, 3.8) is 0 Å². The van der Waals surface area contributed by atoms with Gasteiger partial charge in [0.1, 0.15) is 0 Å². The van der Waals surface area contributed by atoms with Gasteiger partial charge in [-0.1, -0.05) is 34.1 Å². The summed E-state index contributed by atoms with van der Waals surface area (Å²) in [6.45, 7) is 0.883. The summed E-state index contributed by atoms with van der Waals surface area (Å²) in [5, 5.41) is 9.33. The molecule has 106 valence electrons. The number of fused-ring (bicyclic) bond motifs is 1. The molecule has 3 aromatic rings. The third-order valence-corrected chi connectivity index (χ3v) is 4.40. The standard InChI is InChI=1S/C17H16BrN3/c18-14-5-8-17(13(9-14)10-19-15-6-7-15)21-16-4-2-1-3-12(16)11-20-21/h1-5,8-9,11,15,19H,6-7,10H2. The van der Waals surface area contributed by atoms with Crippen LogP contribution in [0.2, 0.25) is 0 Å². The number of halogens is 1. The molecular formula is C17H16BrN3. The molecule has 0 bridgehead atoms. The molecule has 3 nitrogen and oxygen atoms in total. The Bertz CT molecular complexity index is 790. The van der Waals surface area contributed by atoms with Crippen LogP contribution in [0.25, 0.3) is 16.6 Å². The minimum absolute atomic E-state index is 0.700. The largest absolute Gasteiger partial charge is 0.310 e. The lowest BCUT2D eigenvalue weighted by molar-refractivity contribution is 0.682. The summed E-state index contributed by atoms with van der Waals surface area (Å²) < 4.78 is 3.14. The third kappa shape index (κ3) is 2.61. The van der Waals surface area contributed by atoms with Gasteiger partial charge in [-0.05, 0) is 42.7 Å². The first-order chi connectivity index (χ1) is 10.3. The van der Waals surface area contributed by atoms with Gasteiger partial charge in [-0.3, -0.25) is 0 Å². The normalized spacial score (nSPS) is 14.7. The first-order valence-corrected chi connectivity index (χ1v) is 8.05. The minimum Gasteiger partial charge on any atom is -0.310 e. The topological polar surface area (TPSA) is 29.9 Å². The second-order valence-corrected chi connectivity index (χ2v) is 6.46. The minimum atomic E-state index is 0.700. The summed E-state index contributed by atoms with van der Waals surface area (Å²) in [4.78, 5) is 0. The Morgan fingerprint density at radius 2 is 2.05 bits per heavy atom. The highest BCUT2D eigenvalue weighted by atomic mass is 79.9. The van der Waals surface area contributed by atoms with E-state index in [1.54, 1.807) is 0 Å². The Kier molecular flexibility index (Phi) is 3.28. The smallest absolute Gasteiger partial charge is 0.0741 e. The van der Waals surface area contributed by atoms with Crippen LogP contribution in [0.4, 0.5) is 0 Å². The monoisotopic (exact) mass is 341 g/mol. The maximum absolute atomic E-state index is 4.57. The van der Waals surface area contributed by atoms with Crippen LogP contribution in [-0.4, -0.2) is 15.8 Å².